The van der Waals surface area contributed by atoms with Crippen LogP contribution in [-0.4, -0.2) is 65.7 Å². The molecule has 13 nitrogen and oxygen atoms in total. The molecule has 4 aromatic rings. The van der Waals surface area contributed by atoms with Gasteiger partial charge in [-0.2, -0.15) is 4.98 Å². The Labute approximate surface area is 241 Å². The fraction of sp³-hybridized carbons (Fsp3) is 0.379. The van der Waals surface area contributed by atoms with Crippen molar-refractivity contribution in [3.05, 3.63) is 65.4 Å². The number of likely N-dealkylation sites (N-methyl/N-ethyl adjacent to an activating group) is 1. The Morgan fingerprint density at radius 1 is 1.10 bits per heavy atom. The maximum atomic E-state index is 12.9. The van der Waals surface area contributed by atoms with Gasteiger partial charge in [-0.25, -0.2) is 24.7 Å². The van der Waals surface area contributed by atoms with Gasteiger partial charge in [-0.1, -0.05) is 0 Å². The highest BCUT2D eigenvalue weighted by Gasteiger charge is 2.46. The lowest BCUT2D eigenvalue weighted by Gasteiger charge is -2.17. The van der Waals surface area contributed by atoms with Crippen LogP contribution in [0.5, 0.6) is 5.88 Å². The van der Waals surface area contributed by atoms with Crippen LogP contribution < -0.4 is 15.0 Å². The Kier molecular flexibility index (Phi) is 6.10. The Hall–Kier alpha value is -4.94. The van der Waals surface area contributed by atoms with Crippen LogP contribution in [0.1, 0.15) is 59.7 Å². The average molecular weight is 568 g/mol. The van der Waals surface area contributed by atoms with Gasteiger partial charge >= 0.3 is 6.03 Å². The second kappa shape index (κ2) is 9.86. The lowest BCUT2D eigenvalue weighted by Crippen LogP contribution is -2.30. The van der Waals surface area contributed by atoms with Crippen molar-refractivity contribution >= 4 is 35.0 Å². The van der Waals surface area contributed by atoms with Crippen molar-refractivity contribution in [2.24, 2.45) is 5.92 Å². The predicted octanol–water partition coefficient (Wildman–Crippen LogP) is 3.13. The molecule has 1 aliphatic heterocycles. The maximum absolute atomic E-state index is 12.9. The van der Waals surface area contributed by atoms with Crippen molar-refractivity contribution in [3.63, 3.8) is 0 Å². The molecule has 13 heteroatoms. The van der Waals surface area contributed by atoms with Crippen molar-refractivity contribution < 1.29 is 19.1 Å². The van der Waals surface area contributed by atoms with Crippen LogP contribution in [-0.2, 0) is 16.2 Å². The smallest absolute Gasteiger partial charge is 0.331 e. The molecule has 1 saturated heterocycles. The van der Waals surface area contributed by atoms with E-state index in [0.717, 1.165) is 29.0 Å². The van der Waals surface area contributed by atoms with E-state index >= 15 is 0 Å². The first-order valence-electron chi connectivity index (χ1n) is 13.9. The van der Waals surface area contributed by atoms with Gasteiger partial charge in [0.15, 0.2) is 5.65 Å². The summed E-state index contributed by atoms with van der Waals surface area (Å²) in [5, 5.41) is 2.88. The van der Waals surface area contributed by atoms with Gasteiger partial charge in [-0.15, -0.1) is 0 Å². The molecule has 2 atom stereocenters. The van der Waals surface area contributed by atoms with Crippen LogP contribution in [0, 0.1) is 19.8 Å². The number of hydrogen-bond donors (Lipinski definition) is 1. The van der Waals surface area contributed by atoms with Gasteiger partial charge in [0, 0.05) is 49.2 Å². The van der Waals surface area contributed by atoms with Gasteiger partial charge in [0.1, 0.15) is 30.6 Å². The molecule has 5 heterocycles. The summed E-state index contributed by atoms with van der Waals surface area (Å²) in [6.07, 6.45) is 8.46. The molecule has 0 aromatic carbocycles. The zero-order valence-electron chi connectivity index (χ0n) is 23.4. The van der Waals surface area contributed by atoms with Crippen molar-refractivity contribution in [2.45, 2.75) is 51.6 Å². The van der Waals surface area contributed by atoms with Crippen molar-refractivity contribution in [2.75, 3.05) is 23.8 Å². The molecule has 3 aliphatic rings. The highest BCUT2D eigenvalue weighted by molar-refractivity contribution is 6.13. The number of imidazole rings is 1. The molecule has 1 N–H and O–H groups in total. The second-order valence-corrected chi connectivity index (χ2v) is 11.1. The number of ether oxygens (including phenoxy) is 1. The molecule has 4 amide bonds. The van der Waals surface area contributed by atoms with Crippen LogP contribution in [0.25, 0.3) is 5.65 Å². The third kappa shape index (κ3) is 4.91. The third-order valence-electron chi connectivity index (χ3n) is 7.83. The van der Waals surface area contributed by atoms with E-state index in [1.807, 2.05) is 35.9 Å². The number of carbonyl (C=O) groups excluding carboxylic acids is 3. The number of nitrogens with one attached hydrogen (secondary N) is 1. The Bertz CT molecular complexity index is 1770. The highest BCUT2D eigenvalue weighted by Crippen LogP contribution is 2.46. The van der Waals surface area contributed by atoms with Gasteiger partial charge in [0.25, 0.3) is 0 Å². The number of rotatable bonds is 8. The third-order valence-corrected chi connectivity index (χ3v) is 7.83. The molecular formula is C29H29N9O4. The monoisotopic (exact) mass is 567 g/mol. The standard InChI is InChI=1S/C29H29N9O4/c1-15-6-7-30-26(31-15)20-9-21(20)28(40)35-23-10-24(33-16(2)32-23)42-14-19-12-37-11-18(17-4-5-17)8-22(27(37)34-19)38-13-25(39)36(3)29(38)41/h6-8,10-12,17,20-21H,4-5,9,13-14H2,1-3H3,(H,32,33,35,40)/t20-,21-/m0/s1. The molecule has 0 bridgehead atoms. The minimum absolute atomic E-state index is 0.00158. The van der Waals surface area contributed by atoms with E-state index in [-0.39, 0.29) is 42.8 Å². The molecule has 3 fully saturated rings. The molecular weight excluding hydrogens is 538 g/mol. The molecule has 4 aromatic heterocycles. The maximum Gasteiger partial charge on any atom is 0.331 e. The van der Waals surface area contributed by atoms with Crippen LogP contribution >= 0.6 is 0 Å². The molecule has 42 heavy (non-hydrogen) atoms. The van der Waals surface area contributed by atoms with Crippen LogP contribution in [0.3, 0.4) is 0 Å². The number of urea groups is 1. The van der Waals surface area contributed by atoms with E-state index in [2.05, 4.69) is 25.3 Å². The van der Waals surface area contributed by atoms with Gasteiger partial charge in [-0.3, -0.25) is 19.4 Å². The molecule has 2 saturated carbocycles. The Morgan fingerprint density at radius 2 is 1.93 bits per heavy atom. The summed E-state index contributed by atoms with van der Waals surface area (Å²) in [6, 6.07) is 5.01. The van der Waals surface area contributed by atoms with Gasteiger partial charge < -0.3 is 14.5 Å². The SMILES string of the molecule is Cc1ccnc([C@H]2C[C@@H]2C(=O)Nc2cc(OCc3cn4cc(C5CC5)cc(N5CC(=O)N(C)C5=O)c4n3)nc(C)n2)n1. The molecule has 214 valence electrons. The molecule has 0 radical (unpaired) electrons. The topological polar surface area (TPSA) is 148 Å². The van der Waals surface area contributed by atoms with Gasteiger partial charge in [0.2, 0.25) is 17.7 Å². The predicted molar refractivity (Wildman–Crippen MR) is 150 cm³/mol. The summed E-state index contributed by atoms with van der Waals surface area (Å²) in [4.78, 5) is 62.7. The summed E-state index contributed by atoms with van der Waals surface area (Å²) in [7, 11) is 1.49. The Morgan fingerprint density at radius 3 is 2.67 bits per heavy atom. The number of pyridine rings is 1. The average Bonchev–Trinajstić information content (AvgIpc) is 3.88. The van der Waals surface area contributed by atoms with E-state index in [1.54, 1.807) is 19.2 Å². The summed E-state index contributed by atoms with van der Waals surface area (Å²) in [5.41, 5.74) is 3.77. The zero-order valence-corrected chi connectivity index (χ0v) is 23.4. The minimum Gasteiger partial charge on any atom is -0.471 e. The number of aromatic nitrogens is 6. The quantitative estimate of drug-likeness (QED) is 0.317. The minimum atomic E-state index is -0.370. The molecule has 0 unspecified atom stereocenters. The van der Waals surface area contributed by atoms with Crippen LogP contribution in [0.2, 0.25) is 0 Å². The normalized spacial score (nSPS) is 20.0. The Balaban J connectivity index is 1.07. The number of amides is 4. The number of anilines is 2. The fourth-order valence-electron chi connectivity index (χ4n) is 5.31. The van der Waals surface area contributed by atoms with E-state index in [9.17, 15) is 14.4 Å². The van der Waals surface area contributed by atoms with Gasteiger partial charge in [-0.05, 0) is 56.7 Å². The number of nitrogens with zero attached hydrogens (tertiary/aromatic N) is 8. The number of aryl methyl sites for hydroxylation is 2. The lowest BCUT2D eigenvalue weighted by atomic mass is 10.1. The number of fused-ring (bicyclic) bond motifs is 1. The summed E-state index contributed by atoms with van der Waals surface area (Å²) >= 11 is 0. The first kappa shape index (κ1) is 26.0. The largest absolute Gasteiger partial charge is 0.471 e. The van der Waals surface area contributed by atoms with E-state index in [4.69, 9.17) is 9.72 Å². The first-order chi connectivity index (χ1) is 20.2. The molecule has 2 aliphatic carbocycles. The molecule has 0 spiro atoms. The van der Waals surface area contributed by atoms with Crippen LogP contribution in [0.15, 0.2) is 36.8 Å². The van der Waals surface area contributed by atoms with E-state index in [1.165, 1.54) is 11.9 Å². The second-order valence-electron chi connectivity index (χ2n) is 11.1. The summed E-state index contributed by atoms with van der Waals surface area (Å²) in [6.45, 7) is 3.71. The van der Waals surface area contributed by atoms with Crippen molar-refractivity contribution in [3.8, 4) is 5.88 Å². The lowest BCUT2D eigenvalue weighted by molar-refractivity contribution is -0.124. The molecule has 7 rings (SSSR count). The number of hydrogen-bond acceptors (Lipinski definition) is 9. The van der Waals surface area contributed by atoms with E-state index in [0.29, 0.717) is 52.7 Å². The number of carbonyl (C=O) groups is 3. The number of imide groups is 1. The summed E-state index contributed by atoms with van der Waals surface area (Å²) < 4.78 is 7.86. The van der Waals surface area contributed by atoms with E-state index < -0.39 is 0 Å². The van der Waals surface area contributed by atoms with Gasteiger partial charge in [0.05, 0.1) is 11.4 Å². The van der Waals surface area contributed by atoms with Crippen LogP contribution in [0.4, 0.5) is 16.3 Å². The van der Waals surface area contributed by atoms with Crippen molar-refractivity contribution in [1.29, 1.82) is 0 Å². The van der Waals surface area contributed by atoms with Crippen molar-refractivity contribution in [1.82, 2.24) is 34.2 Å². The fourth-order valence-corrected chi connectivity index (χ4v) is 5.31. The highest BCUT2D eigenvalue weighted by atomic mass is 16.5. The first-order valence-corrected chi connectivity index (χ1v) is 13.9. The zero-order chi connectivity index (χ0) is 29.1. The summed E-state index contributed by atoms with van der Waals surface area (Å²) in [5.74, 6) is 1.61.